The Kier molecular flexibility index (Phi) is 3.49. The van der Waals surface area contributed by atoms with Crippen molar-refractivity contribution in [2.45, 2.75) is 45.2 Å². The molecule has 1 aromatic rings. The lowest BCUT2D eigenvalue weighted by atomic mass is 10.1. The van der Waals surface area contributed by atoms with Gasteiger partial charge >= 0.3 is 0 Å². The molecule has 2 nitrogen and oxygen atoms in total. The molecule has 0 aliphatic heterocycles. The fourth-order valence-corrected chi connectivity index (χ4v) is 2.79. The second-order valence-corrected chi connectivity index (χ2v) is 4.80. The maximum Gasteiger partial charge on any atom is 0.0398 e. The summed E-state index contributed by atoms with van der Waals surface area (Å²) in [5.74, 6) is 0. The van der Waals surface area contributed by atoms with Gasteiger partial charge in [0.25, 0.3) is 0 Å². The van der Waals surface area contributed by atoms with Crippen LogP contribution in [0.5, 0.6) is 0 Å². The van der Waals surface area contributed by atoms with Gasteiger partial charge in [-0.2, -0.15) is 0 Å². The number of rotatable bonds is 3. The summed E-state index contributed by atoms with van der Waals surface area (Å²) in [6.07, 6.45) is 3.55. The molecule has 0 saturated heterocycles. The van der Waals surface area contributed by atoms with E-state index in [1.165, 1.54) is 24.1 Å². The lowest BCUT2D eigenvalue weighted by molar-refractivity contribution is 0.604. The van der Waals surface area contributed by atoms with Crippen LogP contribution < -0.4 is 10.6 Å². The van der Waals surface area contributed by atoms with E-state index < -0.39 is 0 Å². The van der Waals surface area contributed by atoms with Gasteiger partial charge in [0, 0.05) is 24.3 Å². The van der Waals surface area contributed by atoms with Crippen LogP contribution in [0.25, 0.3) is 0 Å². The molecule has 1 fully saturated rings. The lowest BCUT2D eigenvalue weighted by Gasteiger charge is -2.31. The SMILES string of the molecule is CCN(c1ccccc1C)C1CCC(N)C1. The average molecular weight is 218 g/mol. The number of anilines is 1. The molecular weight excluding hydrogens is 196 g/mol. The second kappa shape index (κ2) is 4.88. The minimum Gasteiger partial charge on any atom is -0.369 e. The molecule has 2 atom stereocenters. The van der Waals surface area contributed by atoms with Crippen LogP contribution in [-0.4, -0.2) is 18.6 Å². The molecule has 0 amide bonds. The molecule has 2 unspecified atom stereocenters. The normalized spacial score (nSPS) is 24.7. The maximum atomic E-state index is 6.01. The predicted octanol–water partition coefficient (Wildman–Crippen LogP) is 2.70. The summed E-state index contributed by atoms with van der Waals surface area (Å²) >= 11 is 0. The van der Waals surface area contributed by atoms with E-state index in [9.17, 15) is 0 Å². The second-order valence-electron chi connectivity index (χ2n) is 4.80. The van der Waals surface area contributed by atoms with Crippen LogP contribution in [0.1, 0.15) is 31.7 Å². The van der Waals surface area contributed by atoms with Gasteiger partial charge in [0.05, 0.1) is 0 Å². The highest BCUT2D eigenvalue weighted by Gasteiger charge is 2.26. The number of hydrogen-bond acceptors (Lipinski definition) is 2. The molecule has 0 heterocycles. The highest BCUT2D eigenvalue weighted by molar-refractivity contribution is 5.53. The van der Waals surface area contributed by atoms with Crippen LogP contribution >= 0.6 is 0 Å². The Morgan fingerprint density at radius 3 is 2.62 bits per heavy atom. The maximum absolute atomic E-state index is 6.01. The molecule has 88 valence electrons. The first-order valence-electron chi connectivity index (χ1n) is 6.30. The van der Waals surface area contributed by atoms with Gasteiger partial charge < -0.3 is 10.6 Å². The number of nitrogens with zero attached hydrogens (tertiary/aromatic N) is 1. The van der Waals surface area contributed by atoms with Gasteiger partial charge in [-0.1, -0.05) is 18.2 Å². The third kappa shape index (κ3) is 2.22. The highest BCUT2D eigenvalue weighted by Crippen LogP contribution is 2.29. The van der Waals surface area contributed by atoms with Crippen molar-refractivity contribution in [2.75, 3.05) is 11.4 Å². The quantitative estimate of drug-likeness (QED) is 0.845. The Hall–Kier alpha value is -1.02. The van der Waals surface area contributed by atoms with Gasteiger partial charge in [-0.05, 0) is 44.7 Å². The Bertz CT molecular complexity index is 348. The van der Waals surface area contributed by atoms with Gasteiger partial charge in [0.2, 0.25) is 0 Å². The minimum atomic E-state index is 0.406. The van der Waals surface area contributed by atoms with E-state index in [-0.39, 0.29) is 0 Å². The van der Waals surface area contributed by atoms with Crippen LogP contribution in [0.3, 0.4) is 0 Å². The minimum absolute atomic E-state index is 0.406. The summed E-state index contributed by atoms with van der Waals surface area (Å²) in [6.45, 7) is 5.49. The van der Waals surface area contributed by atoms with Crippen LogP contribution in [0.4, 0.5) is 5.69 Å². The molecule has 2 rings (SSSR count). The van der Waals surface area contributed by atoms with Crippen molar-refractivity contribution >= 4 is 5.69 Å². The first-order chi connectivity index (χ1) is 7.72. The van der Waals surface area contributed by atoms with Gasteiger partial charge in [-0.15, -0.1) is 0 Å². The van der Waals surface area contributed by atoms with Crippen molar-refractivity contribution in [1.82, 2.24) is 0 Å². The fraction of sp³-hybridized carbons (Fsp3) is 0.571. The lowest BCUT2D eigenvalue weighted by Crippen LogP contribution is -2.34. The number of nitrogens with two attached hydrogens (primary N) is 1. The van der Waals surface area contributed by atoms with Gasteiger partial charge in [-0.3, -0.25) is 0 Å². The van der Waals surface area contributed by atoms with E-state index in [1.807, 2.05) is 0 Å². The molecule has 0 spiro atoms. The topological polar surface area (TPSA) is 29.3 Å². The summed E-state index contributed by atoms with van der Waals surface area (Å²) in [4.78, 5) is 2.52. The van der Waals surface area contributed by atoms with E-state index >= 15 is 0 Å². The molecule has 0 aromatic heterocycles. The van der Waals surface area contributed by atoms with E-state index in [0.29, 0.717) is 12.1 Å². The van der Waals surface area contributed by atoms with Crippen molar-refractivity contribution < 1.29 is 0 Å². The summed E-state index contributed by atoms with van der Waals surface area (Å²) in [6, 6.07) is 9.69. The number of benzene rings is 1. The third-order valence-electron chi connectivity index (χ3n) is 3.65. The number of hydrogen-bond donors (Lipinski definition) is 1. The molecule has 1 saturated carbocycles. The molecule has 1 aromatic carbocycles. The molecular formula is C14H22N2. The van der Waals surface area contributed by atoms with Crippen molar-refractivity contribution in [2.24, 2.45) is 5.73 Å². The molecule has 2 N–H and O–H groups in total. The van der Waals surface area contributed by atoms with Gasteiger partial charge in [0.15, 0.2) is 0 Å². The van der Waals surface area contributed by atoms with Crippen molar-refractivity contribution in [3.63, 3.8) is 0 Å². The van der Waals surface area contributed by atoms with Crippen molar-refractivity contribution in [3.05, 3.63) is 29.8 Å². The molecule has 2 heteroatoms. The summed E-state index contributed by atoms with van der Waals surface area (Å²) in [5, 5.41) is 0. The zero-order chi connectivity index (χ0) is 11.5. The zero-order valence-corrected chi connectivity index (χ0v) is 10.3. The van der Waals surface area contributed by atoms with Crippen LogP contribution in [0.15, 0.2) is 24.3 Å². The monoisotopic (exact) mass is 218 g/mol. The number of aryl methyl sites for hydroxylation is 1. The first-order valence-corrected chi connectivity index (χ1v) is 6.30. The number of para-hydroxylation sites is 1. The highest BCUT2D eigenvalue weighted by atomic mass is 15.2. The fourth-order valence-electron chi connectivity index (χ4n) is 2.79. The molecule has 0 bridgehead atoms. The Morgan fingerprint density at radius 1 is 1.31 bits per heavy atom. The van der Waals surface area contributed by atoms with Gasteiger partial charge in [-0.25, -0.2) is 0 Å². The predicted molar refractivity (Wildman–Crippen MR) is 69.8 cm³/mol. The van der Waals surface area contributed by atoms with Gasteiger partial charge in [0.1, 0.15) is 0 Å². The first kappa shape index (κ1) is 11.5. The molecule has 16 heavy (non-hydrogen) atoms. The van der Waals surface area contributed by atoms with E-state index in [4.69, 9.17) is 5.73 Å². The van der Waals surface area contributed by atoms with Crippen molar-refractivity contribution in [1.29, 1.82) is 0 Å². The smallest absolute Gasteiger partial charge is 0.0398 e. The largest absolute Gasteiger partial charge is 0.369 e. The van der Waals surface area contributed by atoms with E-state index in [2.05, 4.69) is 43.0 Å². The Labute approximate surface area is 98.4 Å². The van der Waals surface area contributed by atoms with Crippen LogP contribution in [-0.2, 0) is 0 Å². The average Bonchev–Trinajstić information content (AvgIpc) is 2.69. The van der Waals surface area contributed by atoms with E-state index in [0.717, 1.165) is 13.0 Å². The molecule has 0 radical (unpaired) electrons. The summed E-state index contributed by atoms with van der Waals surface area (Å²) < 4.78 is 0. The summed E-state index contributed by atoms with van der Waals surface area (Å²) in [7, 11) is 0. The zero-order valence-electron chi connectivity index (χ0n) is 10.3. The summed E-state index contributed by atoms with van der Waals surface area (Å²) in [5.41, 5.74) is 8.75. The van der Waals surface area contributed by atoms with E-state index in [1.54, 1.807) is 0 Å². The third-order valence-corrected chi connectivity index (χ3v) is 3.65. The molecule has 1 aliphatic rings. The van der Waals surface area contributed by atoms with Crippen molar-refractivity contribution in [3.8, 4) is 0 Å². The Morgan fingerprint density at radius 2 is 2.06 bits per heavy atom. The standard InChI is InChI=1S/C14H22N2/c1-3-16(13-9-8-12(15)10-13)14-7-5-4-6-11(14)2/h4-7,12-13H,3,8-10,15H2,1-2H3. The Balaban J connectivity index is 2.19. The van der Waals surface area contributed by atoms with Crippen LogP contribution in [0, 0.1) is 6.92 Å². The van der Waals surface area contributed by atoms with Crippen LogP contribution in [0.2, 0.25) is 0 Å². The molecule has 1 aliphatic carbocycles.